The van der Waals surface area contributed by atoms with Crippen LogP contribution in [0.3, 0.4) is 0 Å². The molecular formula is C12H17FN2. The summed E-state index contributed by atoms with van der Waals surface area (Å²) in [6.07, 6.45) is 8.00. The predicted octanol–water partition coefficient (Wildman–Crippen LogP) is 2.64. The van der Waals surface area contributed by atoms with Crippen LogP contribution < -0.4 is 5.32 Å². The minimum atomic E-state index is -0.208. The van der Waals surface area contributed by atoms with Crippen molar-refractivity contribution in [3.63, 3.8) is 0 Å². The summed E-state index contributed by atoms with van der Waals surface area (Å²) in [4.78, 5) is 4.03. The molecule has 1 aromatic heterocycles. The number of pyridine rings is 1. The first-order valence-electron chi connectivity index (χ1n) is 5.69. The molecule has 0 aliphatic heterocycles. The Morgan fingerprint density at radius 2 is 2.13 bits per heavy atom. The molecule has 1 aliphatic rings. The lowest BCUT2D eigenvalue weighted by Crippen LogP contribution is -2.31. The van der Waals surface area contributed by atoms with Gasteiger partial charge in [-0.15, -0.1) is 0 Å². The molecular weight excluding hydrogens is 191 g/mol. The van der Waals surface area contributed by atoms with E-state index >= 15 is 0 Å². The van der Waals surface area contributed by atoms with Gasteiger partial charge in [-0.3, -0.25) is 4.98 Å². The Morgan fingerprint density at radius 3 is 2.87 bits per heavy atom. The zero-order valence-corrected chi connectivity index (χ0v) is 8.88. The van der Waals surface area contributed by atoms with Crippen molar-refractivity contribution in [1.29, 1.82) is 0 Å². The molecule has 1 aliphatic carbocycles. The minimum absolute atomic E-state index is 0.208. The number of hydrogen-bond acceptors (Lipinski definition) is 2. The molecule has 2 rings (SSSR count). The Hall–Kier alpha value is -0.960. The largest absolute Gasteiger partial charge is 0.308 e. The van der Waals surface area contributed by atoms with Gasteiger partial charge < -0.3 is 5.32 Å². The van der Waals surface area contributed by atoms with Crippen LogP contribution in [0, 0.1) is 5.82 Å². The second-order valence-corrected chi connectivity index (χ2v) is 4.15. The fourth-order valence-corrected chi connectivity index (χ4v) is 2.10. The predicted molar refractivity (Wildman–Crippen MR) is 57.9 cm³/mol. The molecule has 0 unspecified atom stereocenters. The number of halogens is 1. The maximum atomic E-state index is 13.2. The third-order valence-corrected chi connectivity index (χ3v) is 3.00. The molecule has 1 fully saturated rings. The monoisotopic (exact) mass is 208 g/mol. The number of hydrogen-bond donors (Lipinski definition) is 1. The highest BCUT2D eigenvalue weighted by atomic mass is 19.1. The topological polar surface area (TPSA) is 24.9 Å². The molecule has 0 radical (unpaired) electrons. The van der Waals surface area contributed by atoms with Crippen LogP contribution >= 0.6 is 0 Å². The van der Waals surface area contributed by atoms with Gasteiger partial charge in [-0.25, -0.2) is 4.39 Å². The SMILES string of the molecule is Fc1cccnc1CNC1CCCCC1. The fraction of sp³-hybridized carbons (Fsp3) is 0.583. The molecule has 1 N–H and O–H groups in total. The van der Waals surface area contributed by atoms with Gasteiger partial charge in [0.25, 0.3) is 0 Å². The smallest absolute Gasteiger partial charge is 0.146 e. The Balaban J connectivity index is 1.84. The highest BCUT2D eigenvalue weighted by molar-refractivity contribution is 5.06. The number of nitrogens with one attached hydrogen (secondary N) is 1. The van der Waals surface area contributed by atoms with E-state index in [9.17, 15) is 4.39 Å². The van der Waals surface area contributed by atoms with Gasteiger partial charge in [-0.1, -0.05) is 19.3 Å². The van der Waals surface area contributed by atoms with Gasteiger partial charge in [0.1, 0.15) is 5.82 Å². The number of nitrogens with zero attached hydrogens (tertiary/aromatic N) is 1. The van der Waals surface area contributed by atoms with Crippen LogP contribution in [0.15, 0.2) is 18.3 Å². The van der Waals surface area contributed by atoms with Crippen LogP contribution in [-0.4, -0.2) is 11.0 Å². The highest BCUT2D eigenvalue weighted by Crippen LogP contribution is 2.17. The summed E-state index contributed by atoms with van der Waals surface area (Å²) in [5.74, 6) is -0.208. The molecule has 82 valence electrons. The van der Waals surface area contributed by atoms with Crippen molar-refractivity contribution in [3.05, 3.63) is 29.8 Å². The quantitative estimate of drug-likeness (QED) is 0.826. The van der Waals surface area contributed by atoms with Crippen LogP contribution in [0.5, 0.6) is 0 Å². The number of aromatic nitrogens is 1. The Kier molecular flexibility index (Phi) is 3.67. The van der Waals surface area contributed by atoms with Gasteiger partial charge in [0.15, 0.2) is 0 Å². The second kappa shape index (κ2) is 5.21. The van der Waals surface area contributed by atoms with Gasteiger partial charge in [0.05, 0.1) is 5.69 Å². The molecule has 15 heavy (non-hydrogen) atoms. The van der Waals surface area contributed by atoms with E-state index in [1.807, 2.05) is 0 Å². The van der Waals surface area contributed by atoms with Crippen molar-refractivity contribution in [2.75, 3.05) is 0 Å². The van der Waals surface area contributed by atoms with Crippen LogP contribution in [0.4, 0.5) is 4.39 Å². The van der Waals surface area contributed by atoms with Crippen molar-refractivity contribution >= 4 is 0 Å². The van der Waals surface area contributed by atoms with Crippen LogP contribution in [0.25, 0.3) is 0 Å². The van der Waals surface area contributed by atoms with Gasteiger partial charge >= 0.3 is 0 Å². The maximum absolute atomic E-state index is 13.2. The molecule has 0 aromatic carbocycles. The number of rotatable bonds is 3. The molecule has 0 saturated heterocycles. The Labute approximate surface area is 89.9 Å². The second-order valence-electron chi connectivity index (χ2n) is 4.15. The van der Waals surface area contributed by atoms with E-state index in [4.69, 9.17) is 0 Å². The molecule has 0 amide bonds. The van der Waals surface area contributed by atoms with Crippen LogP contribution in [0.2, 0.25) is 0 Å². The van der Waals surface area contributed by atoms with Crippen molar-refractivity contribution in [3.8, 4) is 0 Å². The molecule has 0 spiro atoms. The lowest BCUT2D eigenvalue weighted by atomic mass is 9.95. The zero-order valence-electron chi connectivity index (χ0n) is 8.88. The first kappa shape index (κ1) is 10.6. The zero-order chi connectivity index (χ0) is 10.5. The standard InChI is InChI=1S/C12H17FN2/c13-11-7-4-8-14-12(11)9-15-10-5-2-1-3-6-10/h4,7-8,10,15H,1-3,5-6,9H2. The lowest BCUT2D eigenvalue weighted by molar-refractivity contribution is 0.368. The maximum Gasteiger partial charge on any atom is 0.146 e. The van der Waals surface area contributed by atoms with Crippen molar-refractivity contribution in [1.82, 2.24) is 10.3 Å². The van der Waals surface area contributed by atoms with E-state index in [-0.39, 0.29) is 5.82 Å². The molecule has 3 heteroatoms. The van der Waals surface area contributed by atoms with Gasteiger partial charge in [0.2, 0.25) is 0 Å². The first-order chi connectivity index (χ1) is 7.36. The van der Waals surface area contributed by atoms with Crippen molar-refractivity contribution < 1.29 is 4.39 Å². The molecule has 0 bridgehead atoms. The molecule has 1 saturated carbocycles. The van der Waals surface area contributed by atoms with Gasteiger partial charge in [0, 0.05) is 18.8 Å². The Bertz CT molecular complexity index is 308. The van der Waals surface area contributed by atoms with Crippen LogP contribution in [-0.2, 0) is 6.54 Å². The molecule has 1 aromatic rings. The van der Waals surface area contributed by atoms with Crippen molar-refractivity contribution in [2.45, 2.75) is 44.7 Å². The highest BCUT2D eigenvalue weighted by Gasteiger charge is 2.13. The normalized spacial score (nSPS) is 17.9. The van der Waals surface area contributed by atoms with Crippen LogP contribution in [0.1, 0.15) is 37.8 Å². The summed E-state index contributed by atoms with van der Waals surface area (Å²) in [6.45, 7) is 0.553. The third kappa shape index (κ3) is 2.99. The van der Waals surface area contributed by atoms with E-state index in [0.29, 0.717) is 18.3 Å². The van der Waals surface area contributed by atoms with E-state index in [0.717, 1.165) is 0 Å². The molecule has 2 nitrogen and oxygen atoms in total. The molecule has 1 heterocycles. The van der Waals surface area contributed by atoms with E-state index in [1.165, 1.54) is 38.2 Å². The summed E-state index contributed by atoms with van der Waals surface area (Å²) in [6, 6.07) is 3.64. The van der Waals surface area contributed by atoms with Gasteiger partial charge in [-0.2, -0.15) is 0 Å². The fourth-order valence-electron chi connectivity index (χ4n) is 2.10. The summed E-state index contributed by atoms with van der Waals surface area (Å²) in [5.41, 5.74) is 0.531. The average molecular weight is 208 g/mol. The summed E-state index contributed by atoms with van der Waals surface area (Å²) in [7, 11) is 0. The van der Waals surface area contributed by atoms with Crippen molar-refractivity contribution in [2.24, 2.45) is 0 Å². The Morgan fingerprint density at radius 1 is 1.33 bits per heavy atom. The summed E-state index contributed by atoms with van der Waals surface area (Å²) in [5, 5.41) is 3.38. The van der Waals surface area contributed by atoms with E-state index in [2.05, 4.69) is 10.3 Å². The average Bonchev–Trinajstić information content (AvgIpc) is 2.29. The first-order valence-corrected chi connectivity index (χ1v) is 5.69. The molecule has 0 atom stereocenters. The third-order valence-electron chi connectivity index (χ3n) is 3.00. The van der Waals surface area contributed by atoms with E-state index < -0.39 is 0 Å². The summed E-state index contributed by atoms with van der Waals surface area (Å²) >= 11 is 0. The van der Waals surface area contributed by atoms with E-state index in [1.54, 1.807) is 12.3 Å². The van der Waals surface area contributed by atoms with Gasteiger partial charge in [-0.05, 0) is 25.0 Å². The minimum Gasteiger partial charge on any atom is -0.308 e. The summed E-state index contributed by atoms with van der Waals surface area (Å²) < 4.78 is 13.2. The lowest BCUT2D eigenvalue weighted by Gasteiger charge is -2.22.